The van der Waals surface area contributed by atoms with E-state index in [9.17, 15) is 13.2 Å². The number of guanidine groups is 1. The summed E-state index contributed by atoms with van der Waals surface area (Å²) in [6.07, 6.45) is -0.562. The lowest BCUT2D eigenvalue weighted by Crippen LogP contribution is -2.37. The first-order valence-corrected chi connectivity index (χ1v) is 9.94. The summed E-state index contributed by atoms with van der Waals surface area (Å²) in [7, 11) is 0. The highest BCUT2D eigenvalue weighted by atomic mass is 127. The number of nitrogens with zero attached hydrogens (tertiary/aromatic N) is 2. The average molecular weight is 537 g/mol. The van der Waals surface area contributed by atoms with Crippen LogP contribution < -0.4 is 10.6 Å². The first-order chi connectivity index (χ1) is 13.5. The van der Waals surface area contributed by atoms with Gasteiger partial charge in [-0.2, -0.15) is 13.2 Å². The van der Waals surface area contributed by atoms with Gasteiger partial charge in [0, 0.05) is 35.6 Å². The molecule has 0 aliphatic carbocycles. The first-order valence-electron chi connectivity index (χ1n) is 9.06. The molecule has 5 nitrogen and oxygen atoms in total. The fourth-order valence-corrected chi connectivity index (χ4v) is 3.55. The highest BCUT2D eigenvalue weighted by Gasteiger charge is 2.33. The Bertz CT molecular complexity index is 935. The molecule has 0 saturated heterocycles. The number of para-hydroxylation sites is 1. The Balaban J connectivity index is 0.00000300. The van der Waals surface area contributed by atoms with Crippen LogP contribution in [0.25, 0.3) is 10.9 Å². The zero-order valence-corrected chi connectivity index (χ0v) is 19.0. The SMILES string of the molecule is CCNC(=NCc1nc(C(F)(F)F)cs1)NCCCc1c[nH]c2ccccc12.I. The van der Waals surface area contributed by atoms with Crippen LogP contribution in [0.15, 0.2) is 40.8 Å². The molecule has 3 rings (SSSR count). The van der Waals surface area contributed by atoms with Crippen molar-refractivity contribution >= 4 is 52.2 Å². The van der Waals surface area contributed by atoms with E-state index in [0.717, 1.165) is 35.1 Å². The summed E-state index contributed by atoms with van der Waals surface area (Å²) in [5.74, 6) is 0.574. The molecule has 0 unspecified atom stereocenters. The van der Waals surface area contributed by atoms with Crippen LogP contribution in [0, 0.1) is 0 Å². The van der Waals surface area contributed by atoms with Gasteiger partial charge < -0.3 is 15.6 Å². The number of thiazole rings is 1. The van der Waals surface area contributed by atoms with Crippen molar-refractivity contribution < 1.29 is 13.2 Å². The number of rotatable bonds is 7. The van der Waals surface area contributed by atoms with Gasteiger partial charge in [0.1, 0.15) is 5.01 Å². The molecule has 2 aromatic heterocycles. The van der Waals surface area contributed by atoms with Gasteiger partial charge in [-0.1, -0.05) is 18.2 Å². The van der Waals surface area contributed by atoms with Gasteiger partial charge in [0.2, 0.25) is 0 Å². The van der Waals surface area contributed by atoms with Gasteiger partial charge >= 0.3 is 6.18 Å². The Morgan fingerprint density at radius 3 is 2.76 bits per heavy atom. The van der Waals surface area contributed by atoms with E-state index in [1.807, 2.05) is 25.3 Å². The van der Waals surface area contributed by atoms with Crippen molar-refractivity contribution in [2.24, 2.45) is 4.99 Å². The molecule has 0 fully saturated rings. The minimum Gasteiger partial charge on any atom is -0.361 e. The number of aromatic nitrogens is 2. The Morgan fingerprint density at radius 1 is 1.24 bits per heavy atom. The van der Waals surface area contributed by atoms with Crippen LogP contribution in [0.2, 0.25) is 0 Å². The third-order valence-corrected chi connectivity index (χ3v) is 4.98. The smallest absolute Gasteiger partial charge is 0.361 e. The second kappa shape index (κ2) is 10.8. The number of aliphatic imine (C=N–C) groups is 1. The molecule has 0 atom stereocenters. The molecule has 3 N–H and O–H groups in total. The van der Waals surface area contributed by atoms with Gasteiger partial charge in [-0.05, 0) is 31.4 Å². The lowest BCUT2D eigenvalue weighted by molar-refractivity contribution is -0.140. The van der Waals surface area contributed by atoms with E-state index in [4.69, 9.17) is 0 Å². The minimum absolute atomic E-state index is 0. The number of aryl methyl sites for hydroxylation is 1. The van der Waals surface area contributed by atoms with Gasteiger partial charge in [-0.25, -0.2) is 9.98 Å². The van der Waals surface area contributed by atoms with Gasteiger partial charge in [0.05, 0.1) is 6.54 Å². The molecule has 0 spiro atoms. The van der Waals surface area contributed by atoms with Crippen LogP contribution >= 0.6 is 35.3 Å². The monoisotopic (exact) mass is 537 g/mol. The Morgan fingerprint density at radius 2 is 2.03 bits per heavy atom. The number of halogens is 4. The molecule has 3 aromatic rings. The lowest BCUT2D eigenvalue weighted by Gasteiger charge is -2.10. The highest BCUT2D eigenvalue weighted by Crippen LogP contribution is 2.30. The number of aromatic amines is 1. The zero-order chi connectivity index (χ0) is 20.0. The maximum Gasteiger partial charge on any atom is 0.434 e. The lowest BCUT2D eigenvalue weighted by atomic mass is 10.1. The van der Waals surface area contributed by atoms with Gasteiger partial charge in [0.15, 0.2) is 11.7 Å². The number of hydrogen-bond acceptors (Lipinski definition) is 3. The summed E-state index contributed by atoms with van der Waals surface area (Å²) >= 11 is 0.967. The second-order valence-corrected chi connectivity index (χ2v) is 7.15. The van der Waals surface area contributed by atoms with E-state index in [2.05, 4.69) is 37.7 Å². The average Bonchev–Trinajstić information content (AvgIpc) is 3.30. The van der Waals surface area contributed by atoms with E-state index in [1.165, 1.54) is 10.9 Å². The summed E-state index contributed by atoms with van der Waals surface area (Å²) in [6, 6.07) is 8.18. The van der Waals surface area contributed by atoms with E-state index < -0.39 is 11.9 Å². The van der Waals surface area contributed by atoms with Crippen LogP contribution in [0.3, 0.4) is 0 Å². The Hall–Kier alpha value is -1.82. The highest BCUT2D eigenvalue weighted by molar-refractivity contribution is 14.0. The normalized spacial score (nSPS) is 12.1. The van der Waals surface area contributed by atoms with E-state index >= 15 is 0 Å². The first kappa shape index (κ1) is 23.5. The van der Waals surface area contributed by atoms with Gasteiger partial charge in [-0.15, -0.1) is 35.3 Å². The molecule has 1 aromatic carbocycles. The third-order valence-electron chi connectivity index (χ3n) is 4.15. The molecule has 158 valence electrons. The molecular weight excluding hydrogens is 514 g/mol. The van der Waals surface area contributed by atoms with Crippen molar-refractivity contribution in [3.8, 4) is 0 Å². The van der Waals surface area contributed by atoms with Crippen molar-refractivity contribution in [2.45, 2.75) is 32.5 Å². The van der Waals surface area contributed by atoms with Crippen LogP contribution in [-0.4, -0.2) is 29.0 Å². The van der Waals surface area contributed by atoms with Crippen LogP contribution in [0.1, 0.15) is 29.6 Å². The van der Waals surface area contributed by atoms with E-state index in [0.29, 0.717) is 24.1 Å². The molecule has 29 heavy (non-hydrogen) atoms. The maximum atomic E-state index is 12.6. The molecule has 0 saturated carbocycles. The Labute approximate surface area is 188 Å². The number of H-pyrrole nitrogens is 1. The largest absolute Gasteiger partial charge is 0.434 e. The molecule has 0 bridgehead atoms. The molecule has 0 amide bonds. The fourth-order valence-electron chi connectivity index (χ4n) is 2.83. The predicted octanol–water partition coefficient (Wildman–Crippen LogP) is 4.95. The molecule has 2 heterocycles. The van der Waals surface area contributed by atoms with E-state index in [1.54, 1.807) is 0 Å². The standard InChI is InChI=1S/C19H22F3N5S.HI/c1-2-23-18(26-11-17-27-16(12-28-17)19(20,21)22)24-9-5-6-13-10-25-15-8-4-3-7-14(13)15;/h3-4,7-8,10,12,25H,2,5-6,9,11H2,1H3,(H2,23,24,26);1H. The van der Waals surface area contributed by atoms with Gasteiger partial charge in [0.25, 0.3) is 0 Å². The summed E-state index contributed by atoms with van der Waals surface area (Å²) in [5, 5.41) is 8.91. The molecular formula is C19H23F3IN5S. The third kappa shape index (κ3) is 6.59. The number of benzene rings is 1. The van der Waals surface area contributed by atoms with Crippen molar-refractivity contribution in [1.29, 1.82) is 0 Å². The van der Waals surface area contributed by atoms with Crippen molar-refractivity contribution in [3.63, 3.8) is 0 Å². The molecule has 0 radical (unpaired) electrons. The Kier molecular flexibility index (Phi) is 8.75. The predicted molar refractivity (Wildman–Crippen MR) is 122 cm³/mol. The quantitative estimate of drug-likeness (QED) is 0.173. The fraction of sp³-hybridized carbons (Fsp3) is 0.368. The topological polar surface area (TPSA) is 65.1 Å². The van der Waals surface area contributed by atoms with Crippen LogP contribution in [-0.2, 0) is 19.1 Å². The van der Waals surface area contributed by atoms with Crippen molar-refractivity contribution in [3.05, 3.63) is 52.1 Å². The molecule has 0 aliphatic rings. The summed E-state index contributed by atoms with van der Waals surface area (Å²) in [4.78, 5) is 11.2. The minimum atomic E-state index is -4.41. The zero-order valence-electron chi connectivity index (χ0n) is 15.8. The van der Waals surface area contributed by atoms with Crippen molar-refractivity contribution in [2.75, 3.05) is 13.1 Å². The summed E-state index contributed by atoms with van der Waals surface area (Å²) in [6.45, 7) is 3.42. The van der Waals surface area contributed by atoms with Crippen LogP contribution in [0.4, 0.5) is 13.2 Å². The van der Waals surface area contributed by atoms with Crippen molar-refractivity contribution in [1.82, 2.24) is 20.6 Å². The maximum absolute atomic E-state index is 12.6. The number of hydrogen-bond donors (Lipinski definition) is 3. The molecule has 0 aliphatic heterocycles. The number of nitrogens with one attached hydrogen (secondary N) is 3. The van der Waals surface area contributed by atoms with Crippen LogP contribution in [0.5, 0.6) is 0 Å². The number of fused-ring (bicyclic) bond motifs is 1. The second-order valence-electron chi connectivity index (χ2n) is 6.21. The molecule has 10 heteroatoms. The van der Waals surface area contributed by atoms with Gasteiger partial charge in [-0.3, -0.25) is 0 Å². The van der Waals surface area contributed by atoms with E-state index in [-0.39, 0.29) is 30.5 Å². The number of alkyl halides is 3. The summed E-state index contributed by atoms with van der Waals surface area (Å²) in [5.41, 5.74) is 1.53. The summed E-state index contributed by atoms with van der Waals surface area (Å²) < 4.78 is 37.9.